The summed E-state index contributed by atoms with van der Waals surface area (Å²) in [5, 5.41) is 2.69. The number of aromatic nitrogens is 2. The summed E-state index contributed by atoms with van der Waals surface area (Å²) in [6, 6.07) is 5.98. The molecule has 0 radical (unpaired) electrons. The lowest BCUT2D eigenvalue weighted by Gasteiger charge is -2.16. The monoisotopic (exact) mass is 247 g/mol. The topological polar surface area (TPSA) is 38.2 Å². The fourth-order valence-electron chi connectivity index (χ4n) is 1.98. The molecule has 17 heavy (non-hydrogen) atoms. The Morgan fingerprint density at radius 3 is 3.06 bits per heavy atom. The maximum atomic E-state index is 5.80. The van der Waals surface area contributed by atoms with Crippen LogP contribution in [0.2, 0.25) is 0 Å². The molecule has 0 amide bonds. The minimum absolute atomic E-state index is 0.225. The van der Waals surface area contributed by atoms with Gasteiger partial charge >= 0.3 is 0 Å². The van der Waals surface area contributed by atoms with Gasteiger partial charge in [-0.1, -0.05) is 17.4 Å². The van der Waals surface area contributed by atoms with E-state index in [1.54, 1.807) is 6.20 Å². The molecule has 1 unspecified atom stereocenters. The Hall–Kier alpha value is -1.62. The summed E-state index contributed by atoms with van der Waals surface area (Å²) in [7, 11) is 0. The van der Waals surface area contributed by atoms with Gasteiger partial charge in [-0.25, -0.2) is 9.97 Å². The van der Waals surface area contributed by atoms with Crippen molar-refractivity contribution in [3.05, 3.63) is 36.0 Å². The van der Waals surface area contributed by atoms with Gasteiger partial charge in [0.25, 0.3) is 5.19 Å². The molecule has 0 spiro atoms. The molecular weight excluding hydrogens is 234 g/mol. The van der Waals surface area contributed by atoms with Crippen LogP contribution in [0, 0.1) is 0 Å². The second kappa shape index (κ2) is 4.71. The summed E-state index contributed by atoms with van der Waals surface area (Å²) in [6.07, 6.45) is 4.84. The third kappa shape index (κ3) is 2.39. The number of hydrogen-bond acceptors (Lipinski definition) is 5. The summed E-state index contributed by atoms with van der Waals surface area (Å²) in [6.45, 7) is 1.88. The molecule has 0 aliphatic carbocycles. The van der Waals surface area contributed by atoms with Crippen LogP contribution in [0.1, 0.15) is 6.42 Å². The highest BCUT2D eigenvalue weighted by molar-refractivity contribution is 7.11. The molecule has 1 aliphatic heterocycles. The van der Waals surface area contributed by atoms with E-state index in [0.717, 1.165) is 30.5 Å². The first-order chi connectivity index (χ1) is 8.42. The van der Waals surface area contributed by atoms with Crippen molar-refractivity contribution >= 4 is 17.2 Å². The van der Waals surface area contributed by atoms with Gasteiger partial charge in [0.1, 0.15) is 11.9 Å². The van der Waals surface area contributed by atoms with Crippen LogP contribution in [0.25, 0.3) is 0 Å². The third-order valence-electron chi connectivity index (χ3n) is 2.80. The van der Waals surface area contributed by atoms with Crippen molar-refractivity contribution < 1.29 is 4.74 Å². The van der Waals surface area contributed by atoms with Gasteiger partial charge < -0.3 is 9.64 Å². The van der Waals surface area contributed by atoms with Crippen LogP contribution >= 0.6 is 11.3 Å². The van der Waals surface area contributed by atoms with Gasteiger partial charge in [-0.3, -0.25) is 0 Å². The lowest BCUT2D eigenvalue weighted by molar-refractivity contribution is 0.224. The number of thiazole rings is 1. The molecule has 3 rings (SSSR count). The Morgan fingerprint density at radius 1 is 1.29 bits per heavy atom. The Labute approximate surface area is 104 Å². The second-order valence-corrected chi connectivity index (χ2v) is 4.82. The average Bonchev–Trinajstić information content (AvgIpc) is 3.02. The molecule has 0 saturated carbocycles. The van der Waals surface area contributed by atoms with Crippen LogP contribution in [0.15, 0.2) is 36.0 Å². The SMILES string of the molecule is c1ccc(N2CCC(Oc3nccs3)C2)nc1. The largest absolute Gasteiger partial charge is 0.465 e. The number of pyridine rings is 1. The van der Waals surface area contributed by atoms with E-state index < -0.39 is 0 Å². The maximum Gasteiger partial charge on any atom is 0.273 e. The zero-order valence-corrected chi connectivity index (χ0v) is 10.1. The number of anilines is 1. The van der Waals surface area contributed by atoms with Crippen molar-refractivity contribution in [2.45, 2.75) is 12.5 Å². The smallest absolute Gasteiger partial charge is 0.273 e. The molecule has 1 atom stereocenters. The molecule has 0 bridgehead atoms. The molecule has 0 aromatic carbocycles. The molecule has 2 aromatic rings. The van der Waals surface area contributed by atoms with Gasteiger partial charge in [0, 0.05) is 30.7 Å². The van der Waals surface area contributed by atoms with Crippen molar-refractivity contribution in [3.63, 3.8) is 0 Å². The van der Waals surface area contributed by atoms with Gasteiger partial charge in [0.05, 0.1) is 6.54 Å². The Kier molecular flexibility index (Phi) is 2.92. The van der Waals surface area contributed by atoms with E-state index in [1.165, 1.54) is 11.3 Å². The van der Waals surface area contributed by atoms with Crippen molar-refractivity contribution in [2.75, 3.05) is 18.0 Å². The summed E-state index contributed by atoms with van der Waals surface area (Å²) in [5.41, 5.74) is 0. The Bertz CT molecular complexity index is 460. The van der Waals surface area contributed by atoms with Crippen molar-refractivity contribution in [1.82, 2.24) is 9.97 Å². The van der Waals surface area contributed by atoms with E-state index in [4.69, 9.17) is 4.74 Å². The first-order valence-corrected chi connectivity index (χ1v) is 6.52. The van der Waals surface area contributed by atoms with Crippen LogP contribution in [0.3, 0.4) is 0 Å². The first-order valence-electron chi connectivity index (χ1n) is 5.64. The Morgan fingerprint density at radius 2 is 2.29 bits per heavy atom. The minimum atomic E-state index is 0.225. The molecule has 2 aromatic heterocycles. The van der Waals surface area contributed by atoms with Gasteiger partial charge in [-0.05, 0) is 12.1 Å². The first kappa shape index (κ1) is 10.5. The minimum Gasteiger partial charge on any atom is -0.465 e. The fraction of sp³-hybridized carbons (Fsp3) is 0.333. The molecule has 1 aliphatic rings. The van der Waals surface area contributed by atoms with E-state index in [1.807, 2.05) is 29.8 Å². The van der Waals surface area contributed by atoms with E-state index in [-0.39, 0.29) is 6.10 Å². The zero-order chi connectivity index (χ0) is 11.5. The molecule has 88 valence electrons. The van der Waals surface area contributed by atoms with Gasteiger partial charge in [-0.15, -0.1) is 0 Å². The van der Waals surface area contributed by atoms with Crippen molar-refractivity contribution in [3.8, 4) is 5.19 Å². The zero-order valence-electron chi connectivity index (χ0n) is 9.32. The maximum absolute atomic E-state index is 5.80. The highest BCUT2D eigenvalue weighted by Gasteiger charge is 2.25. The fourth-order valence-corrected chi connectivity index (χ4v) is 2.54. The summed E-state index contributed by atoms with van der Waals surface area (Å²) < 4.78 is 5.80. The van der Waals surface area contributed by atoms with Crippen LogP contribution in [-0.2, 0) is 0 Å². The Balaban J connectivity index is 1.62. The number of ether oxygens (including phenoxy) is 1. The molecule has 4 nitrogen and oxygen atoms in total. The number of rotatable bonds is 3. The average molecular weight is 247 g/mol. The normalized spacial score (nSPS) is 19.5. The van der Waals surface area contributed by atoms with Crippen molar-refractivity contribution in [1.29, 1.82) is 0 Å². The van der Waals surface area contributed by atoms with E-state index in [0.29, 0.717) is 0 Å². The van der Waals surface area contributed by atoms with E-state index in [9.17, 15) is 0 Å². The van der Waals surface area contributed by atoms with Crippen LogP contribution in [0.4, 0.5) is 5.82 Å². The molecule has 3 heterocycles. The summed E-state index contributed by atoms with van der Waals surface area (Å²) in [5.74, 6) is 1.03. The summed E-state index contributed by atoms with van der Waals surface area (Å²) >= 11 is 1.54. The third-order valence-corrected chi connectivity index (χ3v) is 3.46. The quantitative estimate of drug-likeness (QED) is 0.833. The molecule has 5 heteroatoms. The second-order valence-electron chi connectivity index (χ2n) is 3.96. The molecular formula is C12H13N3OS. The molecule has 0 N–H and O–H groups in total. The standard InChI is InChI=1S/C12H13N3OS/c1-2-5-13-11(3-1)15-7-4-10(9-15)16-12-14-6-8-17-12/h1-3,5-6,8,10H,4,7,9H2. The predicted molar refractivity (Wildman–Crippen MR) is 67.6 cm³/mol. The summed E-state index contributed by atoms with van der Waals surface area (Å²) in [4.78, 5) is 10.7. The predicted octanol–water partition coefficient (Wildman–Crippen LogP) is 2.20. The van der Waals surface area contributed by atoms with Gasteiger partial charge in [0.15, 0.2) is 0 Å². The van der Waals surface area contributed by atoms with Gasteiger partial charge in [-0.2, -0.15) is 0 Å². The van der Waals surface area contributed by atoms with Crippen LogP contribution < -0.4 is 9.64 Å². The lowest BCUT2D eigenvalue weighted by atomic mass is 10.3. The number of hydrogen-bond donors (Lipinski definition) is 0. The number of nitrogens with zero attached hydrogens (tertiary/aromatic N) is 3. The highest BCUT2D eigenvalue weighted by Crippen LogP contribution is 2.22. The lowest BCUT2D eigenvalue weighted by Crippen LogP contribution is -2.25. The molecule has 1 fully saturated rings. The van der Waals surface area contributed by atoms with Crippen molar-refractivity contribution in [2.24, 2.45) is 0 Å². The van der Waals surface area contributed by atoms with E-state index in [2.05, 4.69) is 14.9 Å². The van der Waals surface area contributed by atoms with Crippen LogP contribution in [0.5, 0.6) is 5.19 Å². The molecule has 1 saturated heterocycles. The highest BCUT2D eigenvalue weighted by atomic mass is 32.1. The van der Waals surface area contributed by atoms with Crippen LogP contribution in [-0.4, -0.2) is 29.2 Å². The van der Waals surface area contributed by atoms with E-state index >= 15 is 0 Å². The van der Waals surface area contributed by atoms with Gasteiger partial charge in [0.2, 0.25) is 0 Å².